The number of nitrogens with one attached hydrogen (secondary N) is 2. The number of rotatable bonds is 4. The fourth-order valence-electron chi connectivity index (χ4n) is 1.64. The van der Waals surface area contributed by atoms with Crippen molar-refractivity contribution < 1.29 is 4.21 Å². The van der Waals surface area contributed by atoms with E-state index in [-0.39, 0.29) is 11.4 Å². The summed E-state index contributed by atoms with van der Waals surface area (Å²) in [5.74, 6) is 0. The molecule has 2 N–H and O–H groups in total. The SMILES string of the molecule is Cc1ccc(Nc2c(NS(=O)C(C)(C)C)c(=O)c2=O)cc1. The van der Waals surface area contributed by atoms with Gasteiger partial charge in [0.05, 0.1) is 4.75 Å². The zero-order valence-electron chi connectivity index (χ0n) is 12.4. The van der Waals surface area contributed by atoms with Crippen molar-refractivity contribution in [3.8, 4) is 0 Å². The maximum atomic E-state index is 12.0. The van der Waals surface area contributed by atoms with Gasteiger partial charge in [0.15, 0.2) is 0 Å². The van der Waals surface area contributed by atoms with Gasteiger partial charge < -0.3 is 5.32 Å². The second kappa shape index (κ2) is 5.44. The van der Waals surface area contributed by atoms with E-state index in [0.717, 1.165) is 5.56 Å². The van der Waals surface area contributed by atoms with Crippen LogP contribution in [0.25, 0.3) is 0 Å². The molecule has 21 heavy (non-hydrogen) atoms. The van der Waals surface area contributed by atoms with Crippen LogP contribution in [-0.4, -0.2) is 8.96 Å². The molecule has 0 amide bonds. The predicted octanol–water partition coefficient (Wildman–Crippen LogP) is 2.21. The lowest BCUT2D eigenvalue weighted by Gasteiger charge is -2.21. The molecule has 0 aliphatic carbocycles. The summed E-state index contributed by atoms with van der Waals surface area (Å²) in [5.41, 5.74) is 0.830. The van der Waals surface area contributed by atoms with E-state index >= 15 is 0 Å². The Balaban J connectivity index is 2.24. The molecule has 0 saturated heterocycles. The van der Waals surface area contributed by atoms with Crippen LogP contribution in [-0.2, 0) is 11.0 Å². The van der Waals surface area contributed by atoms with E-state index in [0.29, 0.717) is 5.69 Å². The van der Waals surface area contributed by atoms with Crippen LogP contribution in [0.2, 0.25) is 0 Å². The van der Waals surface area contributed by atoms with Crippen LogP contribution in [0.5, 0.6) is 0 Å². The van der Waals surface area contributed by atoms with E-state index in [1.807, 2.05) is 31.2 Å². The van der Waals surface area contributed by atoms with Crippen molar-refractivity contribution in [2.45, 2.75) is 32.4 Å². The fourth-order valence-corrected chi connectivity index (χ4v) is 2.32. The lowest BCUT2D eigenvalue weighted by molar-refractivity contribution is 0.653. The maximum Gasteiger partial charge on any atom is 0.254 e. The van der Waals surface area contributed by atoms with Gasteiger partial charge in [0.1, 0.15) is 22.4 Å². The van der Waals surface area contributed by atoms with Gasteiger partial charge in [-0.3, -0.25) is 14.3 Å². The summed E-state index contributed by atoms with van der Waals surface area (Å²) >= 11 is 0. The molecule has 5 nitrogen and oxygen atoms in total. The number of hydrogen-bond donors (Lipinski definition) is 2. The standard InChI is InChI=1S/C15H18N2O3S/c1-9-5-7-10(8-6-9)16-11-12(14(19)13(11)18)17-21(20)15(2,3)4/h5-8,16-17H,1-4H3. The van der Waals surface area contributed by atoms with E-state index in [2.05, 4.69) is 10.0 Å². The molecule has 0 saturated carbocycles. The Hall–Kier alpha value is -1.95. The largest absolute Gasteiger partial charge is 0.350 e. The molecule has 1 atom stereocenters. The van der Waals surface area contributed by atoms with E-state index in [4.69, 9.17) is 0 Å². The fraction of sp³-hybridized carbons (Fsp3) is 0.333. The molecule has 112 valence electrons. The summed E-state index contributed by atoms with van der Waals surface area (Å²) in [6.07, 6.45) is 0. The minimum absolute atomic E-state index is 0.0915. The minimum Gasteiger partial charge on any atom is -0.350 e. The molecule has 0 bridgehead atoms. The summed E-state index contributed by atoms with van der Waals surface area (Å²) in [6, 6.07) is 7.43. The first kappa shape index (κ1) is 15.4. The summed E-state index contributed by atoms with van der Waals surface area (Å²) < 4.78 is 14.1. The van der Waals surface area contributed by atoms with Crippen LogP contribution in [0, 0.1) is 6.92 Å². The molecular weight excluding hydrogens is 288 g/mol. The molecule has 6 heteroatoms. The molecule has 2 aromatic carbocycles. The highest BCUT2D eigenvalue weighted by Crippen LogP contribution is 2.23. The lowest BCUT2D eigenvalue weighted by Crippen LogP contribution is -2.39. The zero-order valence-corrected chi connectivity index (χ0v) is 13.3. The first-order valence-electron chi connectivity index (χ1n) is 6.55. The van der Waals surface area contributed by atoms with Crippen LogP contribution in [0.3, 0.4) is 0 Å². The van der Waals surface area contributed by atoms with Gasteiger partial charge in [-0.1, -0.05) is 17.7 Å². The molecule has 0 spiro atoms. The molecule has 1 unspecified atom stereocenters. The molecule has 0 aromatic heterocycles. The summed E-state index contributed by atoms with van der Waals surface area (Å²) in [5, 5.41) is 2.90. The van der Waals surface area contributed by atoms with Crippen LogP contribution < -0.4 is 20.9 Å². The first-order chi connectivity index (χ1) is 9.70. The van der Waals surface area contributed by atoms with E-state index in [9.17, 15) is 13.8 Å². The quantitative estimate of drug-likeness (QED) is 0.849. The Kier molecular flexibility index (Phi) is 4.00. The van der Waals surface area contributed by atoms with Crippen LogP contribution >= 0.6 is 0 Å². The Bertz CT molecular complexity index is 751. The zero-order chi connectivity index (χ0) is 15.8. The second-order valence-corrected chi connectivity index (χ2v) is 7.85. The van der Waals surface area contributed by atoms with Crippen molar-refractivity contribution in [2.24, 2.45) is 0 Å². The van der Waals surface area contributed by atoms with Gasteiger partial charge in [-0.2, -0.15) is 0 Å². The average Bonchev–Trinajstić information content (AvgIpc) is 2.42. The molecule has 0 fully saturated rings. The van der Waals surface area contributed by atoms with E-state index in [1.54, 1.807) is 20.8 Å². The lowest BCUT2D eigenvalue weighted by atomic mass is 10.1. The third-order valence-corrected chi connectivity index (χ3v) is 4.48. The number of aryl methyl sites for hydroxylation is 1. The molecule has 0 radical (unpaired) electrons. The van der Waals surface area contributed by atoms with Gasteiger partial charge in [0, 0.05) is 5.69 Å². The summed E-state index contributed by atoms with van der Waals surface area (Å²) in [4.78, 5) is 23.3. The Morgan fingerprint density at radius 3 is 2.00 bits per heavy atom. The van der Waals surface area contributed by atoms with Gasteiger partial charge >= 0.3 is 0 Å². The molecular formula is C15H18N2O3S. The first-order valence-corrected chi connectivity index (χ1v) is 7.70. The average molecular weight is 306 g/mol. The molecule has 2 rings (SSSR count). The highest BCUT2D eigenvalue weighted by Gasteiger charge is 2.27. The van der Waals surface area contributed by atoms with Gasteiger partial charge in [-0.15, -0.1) is 0 Å². The highest BCUT2D eigenvalue weighted by molar-refractivity contribution is 7.87. The van der Waals surface area contributed by atoms with Crippen LogP contribution in [0.15, 0.2) is 33.9 Å². The summed E-state index contributed by atoms with van der Waals surface area (Å²) in [7, 11) is -1.45. The molecule has 0 aliphatic heterocycles. The van der Waals surface area contributed by atoms with Gasteiger partial charge in [0.25, 0.3) is 10.9 Å². The minimum atomic E-state index is -1.45. The van der Waals surface area contributed by atoms with Crippen molar-refractivity contribution in [1.82, 2.24) is 0 Å². The molecule has 2 aromatic rings. The van der Waals surface area contributed by atoms with Crippen molar-refractivity contribution >= 4 is 28.0 Å². The molecule has 0 heterocycles. The van der Waals surface area contributed by atoms with Crippen molar-refractivity contribution in [1.29, 1.82) is 0 Å². The number of hydrogen-bond acceptors (Lipinski definition) is 4. The van der Waals surface area contributed by atoms with Crippen LogP contribution in [0.4, 0.5) is 17.1 Å². The Morgan fingerprint density at radius 1 is 0.952 bits per heavy atom. The monoisotopic (exact) mass is 306 g/mol. The van der Waals surface area contributed by atoms with Crippen LogP contribution in [0.1, 0.15) is 26.3 Å². The third-order valence-electron chi connectivity index (χ3n) is 2.98. The van der Waals surface area contributed by atoms with Crippen molar-refractivity contribution in [2.75, 3.05) is 10.0 Å². The van der Waals surface area contributed by atoms with Gasteiger partial charge in [-0.05, 0) is 39.8 Å². The van der Waals surface area contributed by atoms with Crippen molar-refractivity contribution in [3.63, 3.8) is 0 Å². The Morgan fingerprint density at radius 2 is 1.48 bits per heavy atom. The van der Waals surface area contributed by atoms with Gasteiger partial charge in [-0.25, -0.2) is 4.21 Å². The number of anilines is 3. The van der Waals surface area contributed by atoms with Crippen molar-refractivity contribution in [3.05, 3.63) is 50.3 Å². The second-order valence-electron chi connectivity index (χ2n) is 5.88. The maximum absolute atomic E-state index is 12.0. The van der Waals surface area contributed by atoms with E-state index in [1.165, 1.54) is 0 Å². The highest BCUT2D eigenvalue weighted by atomic mass is 32.2. The smallest absolute Gasteiger partial charge is 0.254 e. The predicted molar refractivity (Wildman–Crippen MR) is 87.3 cm³/mol. The normalized spacial score (nSPS) is 13.1. The topological polar surface area (TPSA) is 75.3 Å². The van der Waals surface area contributed by atoms with E-state index < -0.39 is 26.6 Å². The van der Waals surface area contributed by atoms with Gasteiger partial charge in [0.2, 0.25) is 0 Å². The Labute approximate surface area is 125 Å². The molecule has 0 aliphatic rings. The number of benzene rings is 1. The third kappa shape index (κ3) is 3.21. The summed E-state index contributed by atoms with van der Waals surface area (Å²) in [6.45, 7) is 7.32.